The Morgan fingerprint density at radius 1 is 1.62 bits per heavy atom. The van der Waals surface area contributed by atoms with E-state index in [4.69, 9.17) is 0 Å². The molecule has 1 heterocycles. The van der Waals surface area contributed by atoms with Crippen LogP contribution >= 0.6 is 0 Å². The van der Waals surface area contributed by atoms with Crippen molar-refractivity contribution < 1.29 is 8.42 Å². The molecule has 5 heteroatoms. The molecule has 1 aliphatic heterocycles. The molecule has 0 aromatic rings. The zero-order valence-electron chi connectivity index (χ0n) is 4.07. The number of hydrogen-bond acceptors (Lipinski definition) is 3. The Morgan fingerprint density at radius 2 is 2.38 bits per heavy atom. The van der Waals surface area contributed by atoms with Crippen LogP contribution in [0.1, 0.15) is 0 Å². The second-order valence-corrected chi connectivity index (χ2v) is 2.34. The van der Waals surface area contributed by atoms with E-state index in [0.717, 1.165) is 0 Å². The Hall–Kier alpha value is -0.710. The third-order valence-corrected chi connectivity index (χ3v) is 1.52. The average molecular weight is 134 g/mol. The number of nitrogens with one attached hydrogen (secondary N) is 1. The van der Waals surface area contributed by atoms with Gasteiger partial charge in [0.05, 0.1) is 0 Å². The summed E-state index contributed by atoms with van der Waals surface area (Å²) in [5.74, 6) is 0. The zero-order chi connectivity index (χ0) is 5.98. The van der Waals surface area contributed by atoms with Crippen LogP contribution in [0, 0.1) is 0 Å². The fourth-order valence-corrected chi connectivity index (χ4v) is 0.823. The summed E-state index contributed by atoms with van der Waals surface area (Å²) < 4.78 is 21.3. The van der Waals surface area contributed by atoms with Crippen LogP contribution in [0.5, 0.6) is 0 Å². The normalized spacial score (nSPS) is 17.4. The largest absolute Gasteiger partial charge is 0.372 e. The third-order valence-electron chi connectivity index (χ3n) is 0.827. The minimum Gasteiger partial charge on any atom is -0.372 e. The molecule has 1 aliphatic rings. The van der Waals surface area contributed by atoms with Crippen LogP contribution in [0.3, 0.4) is 0 Å². The molecule has 0 aliphatic carbocycles. The van der Waals surface area contributed by atoms with Gasteiger partial charge in [-0.05, 0) is 0 Å². The summed E-state index contributed by atoms with van der Waals surface area (Å²) >= 11 is 0. The van der Waals surface area contributed by atoms with Gasteiger partial charge in [-0.3, -0.25) is 4.31 Å². The number of thiol groups is 1. The molecule has 0 spiro atoms. The summed E-state index contributed by atoms with van der Waals surface area (Å²) in [7, 11) is -2.42. The van der Waals surface area contributed by atoms with Crippen molar-refractivity contribution >= 4 is 10.9 Å². The van der Waals surface area contributed by atoms with Crippen molar-refractivity contribution in [1.29, 1.82) is 0 Å². The Bertz CT molecular complexity index is 166. The van der Waals surface area contributed by atoms with Crippen molar-refractivity contribution in [2.45, 2.75) is 0 Å². The van der Waals surface area contributed by atoms with Crippen LogP contribution < -0.4 is 5.32 Å². The highest BCUT2D eigenvalue weighted by Crippen LogP contribution is 1.91. The minimum absolute atomic E-state index is 0.374. The third kappa shape index (κ3) is 0.919. The zero-order valence-corrected chi connectivity index (χ0v) is 4.97. The lowest BCUT2D eigenvalue weighted by atomic mass is 11.0. The first-order chi connectivity index (χ1) is 3.80. The van der Waals surface area contributed by atoms with E-state index in [1.807, 2.05) is 0 Å². The fourth-order valence-electron chi connectivity index (χ4n) is 0.450. The molecule has 0 atom stereocenters. The summed E-state index contributed by atoms with van der Waals surface area (Å²) in [5, 5.41) is 2.72. The molecule has 8 heavy (non-hydrogen) atoms. The van der Waals surface area contributed by atoms with Gasteiger partial charge in [0.25, 0.3) is 0 Å². The first-order valence-electron chi connectivity index (χ1n) is 2.12. The van der Waals surface area contributed by atoms with Gasteiger partial charge in [-0.1, -0.05) is 0 Å². The van der Waals surface area contributed by atoms with E-state index in [0.29, 0.717) is 6.67 Å². The van der Waals surface area contributed by atoms with Crippen LogP contribution in [-0.2, 0) is 10.9 Å². The molecule has 0 bridgehead atoms. The van der Waals surface area contributed by atoms with Gasteiger partial charge in [-0.2, -0.15) is 0 Å². The highest BCUT2D eigenvalue weighted by atomic mass is 32.2. The Kier molecular flexibility index (Phi) is 1.38. The minimum atomic E-state index is -2.42. The second-order valence-electron chi connectivity index (χ2n) is 1.36. The van der Waals surface area contributed by atoms with Gasteiger partial charge in [-0.15, -0.1) is 0 Å². The summed E-state index contributed by atoms with van der Waals surface area (Å²) in [4.78, 5) is 0. The van der Waals surface area contributed by atoms with Crippen LogP contribution in [0.4, 0.5) is 0 Å². The monoisotopic (exact) mass is 134 g/mol. The van der Waals surface area contributed by atoms with E-state index >= 15 is 0 Å². The quantitative estimate of drug-likeness (QED) is 0.445. The number of hydrogen-bond donors (Lipinski definition) is 2. The smallest absolute Gasteiger partial charge is 0.226 e. The number of rotatable bonds is 1. The standard InChI is InChI=1S/C3H6N2O2S/c6-8(7)5-2-1-4-3-5/h1-2,4,8H,3H2. The second kappa shape index (κ2) is 2.04. The topological polar surface area (TPSA) is 49.4 Å². The van der Waals surface area contributed by atoms with Gasteiger partial charge in [0, 0.05) is 12.4 Å². The number of nitrogens with zero attached hydrogens (tertiary/aromatic N) is 1. The SMILES string of the molecule is O=[SH](=O)N1C=CNC1. The Balaban J connectivity index is 2.61. The van der Waals surface area contributed by atoms with E-state index in [1.54, 1.807) is 6.20 Å². The maximum absolute atomic E-state index is 10.1. The van der Waals surface area contributed by atoms with Crippen molar-refractivity contribution in [1.82, 2.24) is 9.62 Å². The predicted octanol–water partition coefficient (Wildman–Crippen LogP) is -1.15. The average Bonchev–Trinajstić information content (AvgIpc) is 2.12. The van der Waals surface area contributed by atoms with Crippen molar-refractivity contribution in [3.8, 4) is 0 Å². The van der Waals surface area contributed by atoms with E-state index in [2.05, 4.69) is 5.32 Å². The highest BCUT2D eigenvalue weighted by molar-refractivity contribution is 7.70. The van der Waals surface area contributed by atoms with E-state index in [1.165, 1.54) is 10.5 Å². The Labute approximate surface area is 48.9 Å². The van der Waals surface area contributed by atoms with Gasteiger partial charge in [0.2, 0.25) is 10.9 Å². The molecule has 1 N–H and O–H groups in total. The van der Waals surface area contributed by atoms with Crippen molar-refractivity contribution in [2.24, 2.45) is 0 Å². The fraction of sp³-hybridized carbons (Fsp3) is 0.333. The summed E-state index contributed by atoms with van der Waals surface area (Å²) in [6, 6.07) is 0. The van der Waals surface area contributed by atoms with Gasteiger partial charge in [0.1, 0.15) is 6.67 Å². The maximum Gasteiger partial charge on any atom is 0.226 e. The maximum atomic E-state index is 10.1. The molecule has 0 aromatic carbocycles. The van der Waals surface area contributed by atoms with E-state index < -0.39 is 10.9 Å². The summed E-state index contributed by atoms with van der Waals surface area (Å²) in [5.41, 5.74) is 0. The predicted molar refractivity (Wildman–Crippen MR) is 29.3 cm³/mol. The molecular weight excluding hydrogens is 128 g/mol. The van der Waals surface area contributed by atoms with Crippen LogP contribution in [0.2, 0.25) is 0 Å². The van der Waals surface area contributed by atoms with E-state index in [-0.39, 0.29) is 0 Å². The highest BCUT2D eigenvalue weighted by Gasteiger charge is 2.01. The van der Waals surface area contributed by atoms with Crippen LogP contribution in [-0.4, -0.2) is 19.4 Å². The molecule has 46 valence electrons. The lowest BCUT2D eigenvalue weighted by molar-refractivity contribution is 0.528. The molecule has 0 saturated heterocycles. The molecule has 0 aromatic heterocycles. The Morgan fingerprint density at radius 3 is 2.62 bits per heavy atom. The van der Waals surface area contributed by atoms with Gasteiger partial charge in [0.15, 0.2) is 0 Å². The van der Waals surface area contributed by atoms with Gasteiger partial charge >= 0.3 is 0 Å². The van der Waals surface area contributed by atoms with Crippen molar-refractivity contribution in [3.05, 3.63) is 12.4 Å². The molecule has 0 saturated carbocycles. The molecule has 4 nitrogen and oxygen atoms in total. The first-order valence-corrected chi connectivity index (χ1v) is 3.25. The lowest BCUT2D eigenvalue weighted by Crippen LogP contribution is -2.18. The lowest BCUT2D eigenvalue weighted by Gasteiger charge is -2.01. The molecule has 0 fully saturated rings. The molecular formula is C3H6N2O2S. The van der Waals surface area contributed by atoms with Crippen LogP contribution in [0.25, 0.3) is 0 Å². The molecule has 0 unspecified atom stereocenters. The molecule has 0 amide bonds. The van der Waals surface area contributed by atoms with Crippen molar-refractivity contribution in [2.75, 3.05) is 6.67 Å². The molecule has 1 rings (SSSR count). The summed E-state index contributed by atoms with van der Waals surface area (Å²) in [6.45, 7) is 0.374. The van der Waals surface area contributed by atoms with Crippen LogP contribution in [0.15, 0.2) is 12.4 Å². The van der Waals surface area contributed by atoms with Gasteiger partial charge in [-0.25, -0.2) is 8.42 Å². The van der Waals surface area contributed by atoms with Crippen molar-refractivity contribution in [3.63, 3.8) is 0 Å². The molecule has 0 radical (unpaired) electrons. The first kappa shape index (κ1) is 5.43. The summed E-state index contributed by atoms with van der Waals surface area (Å²) in [6.07, 6.45) is 3.07. The van der Waals surface area contributed by atoms with E-state index in [9.17, 15) is 8.42 Å². The van der Waals surface area contributed by atoms with Gasteiger partial charge < -0.3 is 5.32 Å².